The van der Waals surface area contributed by atoms with Gasteiger partial charge < -0.3 is 0 Å². The Morgan fingerprint density at radius 3 is 1.23 bits per heavy atom. The minimum absolute atomic E-state index is 0.171. The third kappa shape index (κ3) is 1.01. The minimum Gasteiger partial charge on any atom is -0.119 e. The fourth-order valence-corrected chi connectivity index (χ4v) is 7.69. The lowest BCUT2D eigenvalue weighted by molar-refractivity contribution is -0.732. The summed E-state index contributed by atoms with van der Waals surface area (Å²) in [5, 5.41) is 10.6. The van der Waals surface area contributed by atoms with E-state index in [4.69, 9.17) is 10.2 Å². The Balaban J connectivity index is 1.55. The summed E-state index contributed by atoms with van der Waals surface area (Å²) >= 11 is 0. The summed E-state index contributed by atoms with van der Waals surface area (Å²) in [5.41, 5.74) is 0.342. The standard InChI is InChI=1S/C18H28N4/c1-17(2,3)21-15-9-7-10-8(9)14-11(15)12(13(7)19-21)16(10)22(20-14)18(4,5)6/h7-16H,1-6H3/q+2/t7?,8?,9?,10?,11-,12-,13-,14-,15+,16+/m1/s1. The molecule has 22 heavy (non-hydrogen) atoms. The van der Waals surface area contributed by atoms with E-state index in [1.807, 2.05) is 0 Å². The molecule has 0 spiro atoms. The molecule has 0 unspecified atom stereocenters. The maximum absolute atomic E-state index is 5.30. The number of nitrogens with zero attached hydrogens (tertiary/aromatic N) is 4. The quantitative estimate of drug-likeness (QED) is 0.616. The Kier molecular flexibility index (Phi) is 1.76. The second-order valence-electron chi connectivity index (χ2n) is 10.7. The van der Waals surface area contributed by atoms with Gasteiger partial charge in [-0.15, -0.1) is 9.39 Å². The molecule has 0 radical (unpaired) electrons. The van der Waals surface area contributed by atoms with E-state index in [0.717, 1.165) is 35.5 Å². The topological polar surface area (TPSA) is 30.7 Å². The predicted molar refractivity (Wildman–Crippen MR) is 81.0 cm³/mol. The van der Waals surface area contributed by atoms with E-state index >= 15 is 0 Å². The van der Waals surface area contributed by atoms with Crippen molar-refractivity contribution in [3.05, 3.63) is 0 Å². The SMILES string of the molecule is CC(C)(C)[N+]1=N[C@@H]2C3C4C5C3[C@H]3[C@@H]2[C@H]([C@@H]5N=[N+]3C(C)(C)C)[C@H]41. The molecule has 0 saturated heterocycles. The highest BCUT2D eigenvalue weighted by Crippen LogP contribution is 2.78. The average molecular weight is 300 g/mol. The van der Waals surface area contributed by atoms with Crippen molar-refractivity contribution in [2.75, 3.05) is 0 Å². The van der Waals surface area contributed by atoms with Gasteiger partial charge in [0.25, 0.3) is 0 Å². The fourth-order valence-electron chi connectivity index (χ4n) is 7.69. The highest BCUT2D eigenvalue weighted by atomic mass is 15.5. The first-order valence-corrected chi connectivity index (χ1v) is 9.21. The van der Waals surface area contributed by atoms with Crippen LogP contribution in [0.15, 0.2) is 10.2 Å². The van der Waals surface area contributed by atoms with Gasteiger partial charge >= 0.3 is 0 Å². The molecule has 2 bridgehead atoms. The maximum atomic E-state index is 5.30. The summed E-state index contributed by atoms with van der Waals surface area (Å²) in [6.45, 7) is 14.0. The molecule has 4 heteroatoms. The Morgan fingerprint density at radius 2 is 0.909 bits per heavy atom. The Bertz CT molecular complexity index is 598. The summed E-state index contributed by atoms with van der Waals surface area (Å²) in [5.74, 6) is 5.21. The molecule has 6 rings (SSSR count). The fraction of sp³-hybridized carbons (Fsp3) is 1.00. The van der Waals surface area contributed by atoms with Crippen molar-refractivity contribution < 1.29 is 9.39 Å². The molecule has 0 N–H and O–H groups in total. The summed E-state index contributed by atoms with van der Waals surface area (Å²) in [4.78, 5) is 0. The van der Waals surface area contributed by atoms with Crippen LogP contribution in [0.4, 0.5) is 0 Å². The maximum Gasteiger partial charge on any atom is 0.187 e. The van der Waals surface area contributed by atoms with E-state index in [9.17, 15) is 0 Å². The van der Waals surface area contributed by atoms with Crippen LogP contribution in [0.3, 0.4) is 0 Å². The normalized spacial score (nSPS) is 59.0. The van der Waals surface area contributed by atoms with Gasteiger partial charge in [-0.25, -0.2) is 0 Å². The van der Waals surface area contributed by atoms with Crippen molar-refractivity contribution in [1.82, 2.24) is 0 Å². The monoisotopic (exact) mass is 300 g/mol. The van der Waals surface area contributed by atoms with Gasteiger partial charge in [-0.3, -0.25) is 0 Å². The average Bonchev–Trinajstić information content (AvgIpc) is 2.73. The van der Waals surface area contributed by atoms with Crippen LogP contribution in [0.25, 0.3) is 0 Å². The largest absolute Gasteiger partial charge is 0.187 e. The van der Waals surface area contributed by atoms with E-state index in [-0.39, 0.29) is 11.1 Å². The first-order valence-electron chi connectivity index (χ1n) is 9.21. The summed E-state index contributed by atoms with van der Waals surface area (Å²) in [6, 6.07) is 2.61. The molecule has 3 aliphatic heterocycles. The van der Waals surface area contributed by atoms with Crippen molar-refractivity contribution in [3.8, 4) is 0 Å². The predicted octanol–water partition coefficient (Wildman–Crippen LogP) is 2.77. The minimum atomic E-state index is 0.171. The summed E-state index contributed by atoms with van der Waals surface area (Å²) in [7, 11) is 0. The van der Waals surface area contributed by atoms with Crippen LogP contribution < -0.4 is 0 Å². The van der Waals surface area contributed by atoms with E-state index in [1.165, 1.54) is 0 Å². The zero-order valence-corrected chi connectivity index (χ0v) is 14.6. The van der Waals surface area contributed by atoms with Crippen LogP contribution in [0.1, 0.15) is 41.5 Å². The van der Waals surface area contributed by atoms with Crippen molar-refractivity contribution in [2.45, 2.75) is 76.8 Å². The smallest absolute Gasteiger partial charge is 0.119 e. The Morgan fingerprint density at radius 1 is 0.545 bits per heavy atom. The number of hydrogen-bond acceptors (Lipinski definition) is 2. The second-order valence-corrected chi connectivity index (χ2v) is 10.7. The number of hydrogen-bond donors (Lipinski definition) is 0. The van der Waals surface area contributed by atoms with E-state index in [0.29, 0.717) is 24.2 Å². The lowest BCUT2D eigenvalue weighted by Gasteiger charge is -2.50. The van der Waals surface area contributed by atoms with E-state index < -0.39 is 0 Å². The van der Waals surface area contributed by atoms with E-state index in [1.54, 1.807) is 0 Å². The zero-order valence-electron chi connectivity index (χ0n) is 14.6. The molecule has 0 aromatic rings. The van der Waals surface area contributed by atoms with Crippen LogP contribution in [-0.4, -0.2) is 44.6 Å². The molecule has 6 aliphatic rings. The van der Waals surface area contributed by atoms with Crippen molar-refractivity contribution in [1.29, 1.82) is 0 Å². The Labute approximate surface area is 132 Å². The molecule has 0 aromatic heterocycles. The number of rotatable bonds is 0. The van der Waals surface area contributed by atoms with Crippen molar-refractivity contribution in [3.63, 3.8) is 0 Å². The first-order chi connectivity index (χ1) is 10.2. The van der Waals surface area contributed by atoms with Gasteiger partial charge in [-0.05, 0) is 10.2 Å². The van der Waals surface area contributed by atoms with Crippen LogP contribution >= 0.6 is 0 Å². The molecule has 3 heterocycles. The molecule has 6 atom stereocenters. The van der Waals surface area contributed by atoms with Gasteiger partial charge in [-0.2, -0.15) is 0 Å². The van der Waals surface area contributed by atoms with Gasteiger partial charge in [0.15, 0.2) is 23.2 Å². The Hall–Kier alpha value is -0.800. The number of fused-ring (bicyclic) bond motifs is 3. The molecule has 118 valence electrons. The molecule has 4 nitrogen and oxygen atoms in total. The van der Waals surface area contributed by atoms with Crippen LogP contribution in [-0.2, 0) is 0 Å². The highest BCUT2D eigenvalue weighted by Gasteiger charge is 2.91. The van der Waals surface area contributed by atoms with Crippen molar-refractivity contribution >= 4 is 0 Å². The third-order valence-electron chi connectivity index (χ3n) is 7.83. The van der Waals surface area contributed by atoms with Crippen LogP contribution in [0.2, 0.25) is 0 Å². The zero-order chi connectivity index (χ0) is 15.3. The third-order valence-corrected chi connectivity index (χ3v) is 7.83. The van der Waals surface area contributed by atoms with Gasteiger partial charge in [0.05, 0.1) is 11.8 Å². The van der Waals surface area contributed by atoms with Gasteiger partial charge in [0.1, 0.15) is 12.1 Å². The van der Waals surface area contributed by atoms with Gasteiger partial charge in [0.2, 0.25) is 0 Å². The molecule has 0 amide bonds. The molecule has 0 aromatic carbocycles. The van der Waals surface area contributed by atoms with E-state index in [2.05, 4.69) is 50.9 Å². The second kappa shape index (κ2) is 3.08. The molecule has 3 fully saturated rings. The molecular formula is C18H28N4+2. The van der Waals surface area contributed by atoms with Crippen LogP contribution in [0.5, 0.6) is 0 Å². The highest BCUT2D eigenvalue weighted by molar-refractivity contribution is 5.32. The lowest BCUT2D eigenvalue weighted by Crippen LogP contribution is -2.61. The number of azo groups is 4. The summed E-state index contributed by atoms with van der Waals surface area (Å²) < 4.78 is 5.04. The lowest BCUT2D eigenvalue weighted by atomic mass is 9.55. The molecular weight excluding hydrogens is 272 g/mol. The van der Waals surface area contributed by atoms with Crippen molar-refractivity contribution in [2.24, 2.45) is 45.7 Å². The molecule has 3 saturated carbocycles. The summed E-state index contributed by atoms with van der Waals surface area (Å²) in [6.07, 6.45) is 0. The first kappa shape index (κ1) is 12.6. The van der Waals surface area contributed by atoms with Gasteiger partial charge in [0, 0.05) is 65.2 Å². The molecule has 3 aliphatic carbocycles. The van der Waals surface area contributed by atoms with Gasteiger partial charge in [-0.1, -0.05) is 0 Å². The van der Waals surface area contributed by atoms with Crippen LogP contribution in [0, 0.1) is 35.5 Å².